The van der Waals surface area contributed by atoms with E-state index in [9.17, 15) is 35.7 Å². The van der Waals surface area contributed by atoms with Crippen LogP contribution < -0.4 is 17.1 Å². The highest BCUT2D eigenvalue weighted by molar-refractivity contribution is 5.88. The van der Waals surface area contributed by atoms with Crippen molar-refractivity contribution >= 4 is 11.0 Å². The summed E-state index contributed by atoms with van der Waals surface area (Å²) in [6.07, 6.45) is -5.76. The molecule has 1 aromatic heterocycles. The van der Waals surface area contributed by atoms with Crippen LogP contribution in [0.25, 0.3) is 22.3 Å². The van der Waals surface area contributed by atoms with Gasteiger partial charge in [0.2, 0.25) is 12.0 Å². The first-order chi connectivity index (χ1) is 14.2. The van der Waals surface area contributed by atoms with Crippen molar-refractivity contribution < 1.29 is 62.0 Å². The third-order valence-electron chi connectivity index (χ3n) is 4.75. The number of aliphatic hydroxyl groups is 3. The van der Waals surface area contributed by atoms with E-state index in [4.69, 9.17) is 13.9 Å². The Balaban J connectivity index is 0.00000272. The molecule has 4 atom stereocenters. The van der Waals surface area contributed by atoms with Crippen LogP contribution in [0.3, 0.4) is 0 Å². The van der Waals surface area contributed by atoms with Gasteiger partial charge in [-0.2, -0.15) is 0 Å². The van der Waals surface area contributed by atoms with Gasteiger partial charge in [-0.1, -0.05) is 0 Å². The van der Waals surface area contributed by atoms with E-state index < -0.39 is 30.4 Å². The fourth-order valence-corrected chi connectivity index (χ4v) is 3.15. The second kappa shape index (κ2) is 8.61. The third-order valence-corrected chi connectivity index (χ3v) is 4.75. The highest BCUT2D eigenvalue weighted by Crippen LogP contribution is 2.41. The molecule has 0 unspecified atom stereocenters. The van der Waals surface area contributed by atoms with Gasteiger partial charge < -0.3 is 57.6 Å². The van der Waals surface area contributed by atoms with Crippen molar-refractivity contribution in [1.82, 2.24) is 0 Å². The SMILES string of the molecule is Oc1cc(O)c2cc(O[C@H]3OC[C@@H](O)[C@@H](O)[C@@H]3O)c(-c3ccc(O)c(O)c3)[o+]c2c1.[Cl-]. The van der Waals surface area contributed by atoms with Crippen LogP contribution in [0.1, 0.15) is 0 Å². The molecule has 0 spiro atoms. The van der Waals surface area contributed by atoms with Crippen LogP contribution in [0.5, 0.6) is 28.7 Å². The number of benzene rings is 2. The van der Waals surface area contributed by atoms with Crippen LogP contribution in [0.2, 0.25) is 0 Å². The number of rotatable bonds is 3. The van der Waals surface area contributed by atoms with Crippen molar-refractivity contribution in [3.8, 4) is 40.1 Å². The van der Waals surface area contributed by atoms with E-state index in [0.29, 0.717) is 0 Å². The molecule has 166 valence electrons. The molecular weight excluding hydrogens is 436 g/mol. The smallest absolute Gasteiger partial charge is 0.402 e. The summed E-state index contributed by atoms with van der Waals surface area (Å²) in [5.74, 6) is -1.37. The molecule has 3 aromatic rings. The largest absolute Gasteiger partial charge is 1.00 e. The number of ether oxygens (including phenoxy) is 2. The van der Waals surface area contributed by atoms with E-state index >= 15 is 0 Å². The number of phenolic OH excluding ortho intramolecular Hbond substituents is 4. The van der Waals surface area contributed by atoms with E-state index in [0.717, 1.165) is 6.07 Å². The first-order valence-corrected chi connectivity index (χ1v) is 8.92. The molecular formula is C20H19ClO10. The van der Waals surface area contributed by atoms with Crippen LogP contribution in [0.4, 0.5) is 0 Å². The van der Waals surface area contributed by atoms with Gasteiger partial charge in [-0.05, 0) is 12.1 Å². The van der Waals surface area contributed by atoms with Crippen LogP contribution in [0, 0.1) is 0 Å². The number of halogens is 1. The van der Waals surface area contributed by atoms with E-state index in [2.05, 4.69) is 0 Å². The van der Waals surface area contributed by atoms with Crippen molar-refractivity contribution in [2.75, 3.05) is 6.61 Å². The zero-order valence-electron chi connectivity index (χ0n) is 15.7. The van der Waals surface area contributed by atoms with Crippen molar-refractivity contribution in [1.29, 1.82) is 0 Å². The zero-order valence-corrected chi connectivity index (χ0v) is 16.5. The maximum Gasteiger partial charge on any atom is 0.402 e. The molecule has 1 aliphatic rings. The van der Waals surface area contributed by atoms with Gasteiger partial charge in [-0.15, -0.1) is 0 Å². The lowest BCUT2D eigenvalue weighted by atomic mass is 10.1. The lowest BCUT2D eigenvalue weighted by Gasteiger charge is -2.34. The quantitative estimate of drug-likeness (QED) is 0.174. The first-order valence-electron chi connectivity index (χ1n) is 8.92. The summed E-state index contributed by atoms with van der Waals surface area (Å²) >= 11 is 0. The second-order valence-corrected chi connectivity index (χ2v) is 6.89. The van der Waals surface area contributed by atoms with Gasteiger partial charge in [0.15, 0.2) is 11.5 Å². The van der Waals surface area contributed by atoms with Gasteiger partial charge >= 0.3 is 11.3 Å². The van der Waals surface area contributed by atoms with Crippen molar-refractivity contribution in [2.45, 2.75) is 24.6 Å². The van der Waals surface area contributed by atoms with Crippen LogP contribution in [-0.2, 0) is 4.74 Å². The highest BCUT2D eigenvalue weighted by atomic mass is 35.5. The third kappa shape index (κ3) is 4.24. The molecule has 2 aromatic carbocycles. The molecule has 4 rings (SSSR count). The van der Waals surface area contributed by atoms with E-state index in [1.165, 1.54) is 30.3 Å². The summed E-state index contributed by atoms with van der Waals surface area (Å²) in [5.41, 5.74) is 0.346. The van der Waals surface area contributed by atoms with Gasteiger partial charge in [0.1, 0.15) is 35.2 Å². The molecule has 1 fully saturated rings. The van der Waals surface area contributed by atoms with E-state index in [-0.39, 0.29) is 64.3 Å². The van der Waals surface area contributed by atoms with Crippen LogP contribution >= 0.6 is 0 Å². The Morgan fingerprint density at radius 3 is 2.32 bits per heavy atom. The number of fused-ring (bicyclic) bond motifs is 1. The Hall–Kier alpha value is -3.02. The standard InChI is InChI=1S/C20H18O10.ClH/c21-9-4-12(23)10-6-16(30-20-18(27)17(26)14(25)7-28-20)19(29-15(10)5-9)8-1-2-11(22)13(24)3-8;/h1-6,14,17-18,20,25-27H,7H2,(H3-,21,22,23,24);1H/t14-,17-,18+,20-;/m1./s1. The van der Waals surface area contributed by atoms with Crippen molar-refractivity contribution in [2.24, 2.45) is 0 Å². The Labute approximate surface area is 181 Å². The Bertz CT molecular complexity index is 1110. The predicted octanol–water partition coefficient (Wildman–Crippen LogP) is -1.97. The molecule has 0 radical (unpaired) electrons. The average Bonchev–Trinajstić information content (AvgIpc) is 2.70. The summed E-state index contributed by atoms with van der Waals surface area (Å²) in [7, 11) is 0. The summed E-state index contributed by atoms with van der Waals surface area (Å²) < 4.78 is 16.7. The maximum absolute atomic E-state index is 10.2. The number of hydrogen-bond donors (Lipinski definition) is 7. The molecule has 0 bridgehead atoms. The van der Waals surface area contributed by atoms with Crippen molar-refractivity contribution in [3.63, 3.8) is 0 Å². The summed E-state index contributed by atoms with van der Waals surface area (Å²) in [6, 6.07) is 7.56. The Morgan fingerprint density at radius 2 is 1.61 bits per heavy atom. The first kappa shape index (κ1) is 22.7. The normalized spacial score (nSPS) is 23.3. The zero-order chi connectivity index (χ0) is 21.6. The summed E-state index contributed by atoms with van der Waals surface area (Å²) in [6.45, 7) is -0.290. The topological polar surface area (TPSA) is 171 Å². The second-order valence-electron chi connectivity index (χ2n) is 6.89. The summed E-state index contributed by atoms with van der Waals surface area (Å²) in [5, 5.41) is 69.1. The highest BCUT2D eigenvalue weighted by Gasteiger charge is 2.40. The summed E-state index contributed by atoms with van der Waals surface area (Å²) in [4.78, 5) is 0. The van der Waals surface area contributed by atoms with Gasteiger partial charge in [-0.3, -0.25) is 0 Å². The minimum atomic E-state index is -1.58. The molecule has 1 aliphatic heterocycles. The molecule has 0 saturated carbocycles. The molecule has 0 amide bonds. The predicted molar refractivity (Wildman–Crippen MR) is 101 cm³/mol. The average molecular weight is 455 g/mol. The number of hydrogen-bond acceptors (Lipinski definition) is 9. The van der Waals surface area contributed by atoms with Crippen molar-refractivity contribution in [3.05, 3.63) is 36.4 Å². The Kier molecular flexibility index (Phi) is 6.30. The van der Waals surface area contributed by atoms with Gasteiger partial charge in [-0.25, -0.2) is 4.42 Å². The van der Waals surface area contributed by atoms with Gasteiger partial charge in [0.05, 0.1) is 18.2 Å². The monoisotopic (exact) mass is 454 g/mol. The number of aliphatic hydroxyl groups excluding tert-OH is 3. The van der Waals surface area contributed by atoms with Gasteiger partial charge in [0.25, 0.3) is 0 Å². The minimum absolute atomic E-state index is 0. The minimum Gasteiger partial charge on any atom is -1.00 e. The van der Waals surface area contributed by atoms with E-state index in [1.54, 1.807) is 0 Å². The molecule has 7 N–H and O–H groups in total. The Morgan fingerprint density at radius 1 is 0.871 bits per heavy atom. The van der Waals surface area contributed by atoms with Crippen LogP contribution in [0.15, 0.2) is 40.8 Å². The lowest BCUT2D eigenvalue weighted by molar-refractivity contribution is -0.242. The fourth-order valence-electron chi connectivity index (χ4n) is 3.15. The number of phenols is 4. The maximum atomic E-state index is 10.2. The molecule has 2 heterocycles. The fraction of sp³-hybridized carbons (Fsp3) is 0.250. The molecule has 11 heteroatoms. The molecule has 31 heavy (non-hydrogen) atoms. The van der Waals surface area contributed by atoms with E-state index in [1.807, 2.05) is 0 Å². The lowest BCUT2D eigenvalue weighted by Crippen LogP contribution is -3.00. The molecule has 1 saturated heterocycles. The number of aromatic hydroxyl groups is 4. The van der Waals surface area contributed by atoms with Crippen LogP contribution in [-0.4, -0.2) is 67.0 Å². The van der Waals surface area contributed by atoms with Gasteiger partial charge in [0, 0.05) is 18.2 Å². The molecule has 10 nitrogen and oxygen atoms in total. The molecule has 0 aliphatic carbocycles.